The number of carbonyl (C=O) groups is 4. The molecule has 4 rings (SSSR count). The van der Waals surface area contributed by atoms with E-state index < -0.39 is 47.6 Å². The van der Waals surface area contributed by atoms with Crippen LogP contribution < -0.4 is 10.6 Å². The molecule has 1 aromatic heterocycles. The van der Waals surface area contributed by atoms with Gasteiger partial charge in [-0.2, -0.15) is 0 Å². The number of carboxylic acid groups (broad SMARTS) is 1. The molecule has 0 radical (unpaired) electrons. The Balaban J connectivity index is 1.42. The number of fused-ring (bicyclic) bond motifs is 1. The van der Waals surface area contributed by atoms with E-state index in [4.69, 9.17) is 9.15 Å². The Morgan fingerprint density at radius 1 is 1.24 bits per heavy atom. The predicted molar refractivity (Wildman–Crippen MR) is 127 cm³/mol. The van der Waals surface area contributed by atoms with E-state index in [0.29, 0.717) is 0 Å². The third-order valence-electron chi connectivity index (χ3n) is 5.29. The number of hydrogen-bond donors (Lipinski definition) is 5. The second-order valence-electron chi connectivity index (χ2n) is 7.62. The van der Waals surface area contributed by atoms with Gasteiger partial charge in [0.25, 0.3) is 11.8 Å². The average molecular weight is 532 g/mol. The maximum absolute atomic E-state index is 12.8. The molecule has 14 nitrogen and oxygen atoms in total. The zero-order chi connectivity index (χ0) is 26.7. The molecule has 0 aliphatic carbocycles. The summed E-state index contributed by atoms with van der Waals surface area (Å²) >= 11 is 1.18. The average Bonchev–Trinajstić information content (AvgIpc) is 3.40. The molecule has 3 amide bonds. The van der Waals surface area contributed by atoms with Crippen LogP contribution in [-0.2, 0) is 24.0 Å². The van der Waals surface area contributed by atoms with Crippen molar-refractivity contribution in [1.29, 1.82) is 0 Å². The van der Waals surface area contributed by atoms with Crippen LogP contribution in [-0.4, -0.2) is 80.7 Å². The number of aromatic hydroxyl groups is 2. The lowest BCUT2D eigenvalue weighted by atomic mass is 10.0. The molecule has 2 aromatic rings. The van der Waals surface area contributed by atoms with Gasteiger partial charge in [0.1, 0.15) is 30.8 Å². The van der Waals surface area contributed by atoms with Crippen molar-refractivity contribution in [3.8, 4) is 11.5 Å². The summed E-state index contributed by atoms with van der Waals surface area (Å²) in [6, 6.07) is 5.58. The first-order valence-corrected chi connectivity index (χ1v) is 11.6. The molecule has 0 spiro atoms. The van der Waals surface area contributed by atoms with E-state index in [1.807, 2.05) is 0 Å². The molecule has 2 atom stereocenters. The van der Waals surface area contributed by atoms with Crippen molar-refractivity contribution in [3.63, 3.8) is 0 Å². The van der Waals surface area contributed by atoms with Gasteiger partial charge in [-0.15, -0.1) is 11.8 Å². The van der Waals surface area contributed by atoms with Gasteiger partial charge in [0, 0.05) is 23.1 Å². The van der Waals surface area contributed by atoms with Crippen LogP contribution in [0.5, 0.6) is 11.5 Å². The molecule has 15 heteroatoms. The van der Waals surface area contributed by atoms with Crippen molar-refractivity contribution >= 4 is 47.0 Å². The van der Waals surface area contributed by atoms with E-state index in [1.54, 1.807) is 6.07 Å². The summed E-state index contributed by atoms with van der Waals surface area (Å²) in [5, 5.41) is 36.4. The molecule has 194 valence electrons. The van der Waals surface area contributed by atoms with Gasteiger partial charge in [-0.3, -0.25) is 19.8 Å². The number of nitrogens with zero attached hydrogens (tertiary/aromatic N) is 2. The normalized spacial score (nSPS) is 19.0. The molecule has 2 aliphatic rings. The minimum Gasteiger partial charge on any atom is -0.504 e. The van der Waals surface area contributed by atoms with E-state index in [1.165, 1.54) is 37.3 Å². The van der Waals surface area contributed by atoms with Gasteiger partial charge >= 0.3 is 12.1 Å². The number of anilines is 1. The Kier molecular flexibility index (Phi) is 7.24. The van der Waals surface area contributed by atoms with Crippen molar-refractivity contribution in [3.05, 3.63) is 53.6 Å². The second kappa shape index (κ2) is 10.5. The Morgan fingerprint density at radius 3 is 2.68 bits per heavy atom. The van der Waals surface area contributed by atoms with Crippen molar-refractivity contribution in [1.82, 2.24) is 10.2 Å². The molecule has 5 N–H and O–H groups in total. The fraction of sp³-hybridized carbons (Fsp3) is 0.227. The molecule has 3 heterocycles. The van der Waals surface area contributed by atoms with Crippen LogP contribution in [0.1, 0.15) is 5.76 Å². The molecule has 0 saturated carbocycles. The Labute approximate surface area is 212 Å². The van der Waals surface area contributed by atoms with Crippen LogP contribution in [0.25, 0.3) is 0 Å². The number of thioether (sulfide) groups is 1. The number of phenolic OH excluding ortho intramolecular Hbond substituents is 2. The minimum absolute atomic E-state index is 0.104. The molecule has 1 aromatic carbocycles. The maximum atomic E-state index is 12.8. The Hall–Kier alpha value is -4.66. The van der Waals surface area contributed by atoms with Gasteiger partial charge in [-0.25, -0.2) is 9.59 Å². The number of amides is 3. The number of hydrogen-bond acceptors (Lipinski definition) is 11. The number of carboxylic acids is 1. The SMILES string of the molecule is CO/N=C(\C(=O)N[C@@H]1C(=O)N2C(C(=O)O)=C(COC(=O)Nc3ccc(O)c(O)c3)CS[C@H]12)c1ccco1. The number of carbonyl (C=O) groups excluding carboxylic acids is 3. The number of rotatable bonds is 8. The number of ether oxygens (including phenoxy) is 1. The summed E-state index contributed by atoms with van der Waals surface area (Å²) in [5.41, 5.74) is -0.234. The van der Waals surface area contributed by atoms with Crippen LogP contribution in [0.4, 0.5) is 10.5 Å². The van der Waals surface area contributed by atoms with Gasteiger partial charge in [0.05, 0.1) is 6.26 Å². The zero-order valence-corrected chi connectivity index (χ0v) is 19.9. The number of furan rings is 1. The Bertz CT molecular complexity index is 1310. The van der Waals surface area contributed by atoms with Crippen LogP contribution in [0.15, 0.2) is 57.4 Å². The van der Waals surface area contributed by atoms with Crippen LogP contribution in [0.3, 0.4) is 0 Å². The van der Waals surface area contributed by atoms with Crippen LogP contribution in [0, 0.1) is 0 Å². The molecule has 1 saturated heterocycles. The monoisotopic (exact) mass is 532 g/mol. The lowest BCUT2D eigenvalue weighted by Crippen LogP contribution is -2.71. The highest BCUT2D eigenvalue weighted by atomic mass is 32.2. The summed E-state index contributed by atoms with van der Waals surface area (Å²) in [6.07, 6.45) is 0.390. The van der Waals surface area contributed by atoms with E-state index in [9.17, 15) is 34.5 Å². The van der Waals surface area contributed by atoms with E-state index in [2.05, 4.69) is 20.6 Å². The summed E-state index contributed by atoms with van der Waals surface area (Å²) < 4.78 is 10.3. The van der Waals surface area contributed by atoms with Crippen molar-refractivity contribution in [2.24, 2.45) is 5.16 Å². The minimum atomic E-state index is -1.40. The van der Waals surface area contributed by atoms with Gasteiger partial charge in [-0.1, -0.05) is 5.16 Å². The summed E-state index contributed by atoms with van der Waals surface area (Å²) in [7, 11) is 1.24. The largest absolute Gasteiger partial charge is 0.504 e. The highest BCUT2D eigenvalue weighted by Crippen LogP contribution is 2.40. The number of phenols is 2. The van der Waals surface area contributed by atoms with Gasteiger partial charge in [0.15, 0.2) is 17.3 Å². The lowest BCUT2D eigenvalue weighted by Gasteiger charge is -2.49. The summed E-state index contributed by atoms with van der Waals surface area (Å²) in [5.74, 6) is -3.42. The third kappa shape index (κ3) is 5.16. The van der Waals surface area contributed by atoms with Crippen molar-refractivity contribution in [2.75, 3.05) is 24.8 Å². The van der Waals surface area contributed by atoms with Gasteiger partial charge < -0.3 is 34.6 Å². The molecular formula is C22H20N4O10S. The van der Waals surface area contributed by atoms with Crippen molar-refractivity contribution in [2.45, 2.75) is 11.4 Å². The van der Waals surface area contributed by atoms with E-state index in [0.717, 1.165) is 17.0 Å². The van der Waals surface area contributed by atoms with Crippen molar-refractivity contribution < 1.29 is 48.5 Å². The maximum Gasteiger partial charge on any atom is 0.411 e. The number of aliphatic carboxylic acids is 1. The third-order valence-corrected chi connectivity index (χ3v) is 6.63. The molecule has 37 heavy (non-hydrogen) atoms. The standard InChI is InChI=1S/C22H20N4O10S/c1-34-25-15(14-3-2-6-35-14)18(29)24-16-19(30)26-17(21(31)32)10(9-37-20(16)26)8-36-22(33)23-11-4-5-12(27)13(28)7-11/h2-7,16,20,27-28H,8-9H2,1H3,(H,23,33)(H,24,29)(H,31,32)/b25-15-/t16-,20-/m1/s1. The molecule has 0 bridgehead atoms. The first-order chi connectivity index (χ1) is 17.7. The lowest BCUT2D eigenvalue weighted by molar-refractivity contribution is -0.150. The molecule has 1 fully saturated rings. The summed E-state index contributed by atoms with van der Waals surface area (Å²) in [4.78, 5) is 55.4. The van der Waals surface area contributed by atoms with Crippen LogP contribution in [0.2, 0.25) is 0 Å². The number of β-lactam (4-membered cyclic amide) rings is 1. The number of oxime groups is 1. The van der Waals surface area contributed by atoms with E-state index in [-0.39, 0.29) is 39.9 Å². The highest BCUT2D eigenvalue weighted by molar-refractivity contribution is 8.00. The number of nitrogens with one attached hydrogen (secondary N) is 2. The van der Waals surface area contributed by atoms with Gasteiger partial charge in [-0.05, 0) is 24.3 Å². The quantitative estimate of drug-likeness (QED) is 0.107. The smallest absolute Gasteiger partial charge is 0.411 e. The first kappa shape index (κ1) is 25.4. The molecule has 2 aliphatic heterocycles. The zero-order valence-electron chi connectivity index (χ0n) is 19.0. The summed E-state index contributed by atoms with van der Waals surface area (Å²) in [6.45, 7) is -0.429. The predicted octanol–water partition coefficient (Wildman–Crippen LogP) is 1.03. The fourth-order valence-electron chi connectivity index (χ4n) is 3.61. The fourth-order valence-corrected chi connectivity index (χ4v) is 4.94. The Morgan fingerprint density at radius 2 is 2.03 bits per heavy atom. The van der Waals surface area contributed by atoms with Gasteiger partial charge in [0.2, 0.25) is 5.71 Å². The van der Waals surface area contributed by atoms with E-state index >= 15 is 0 Å². The number of benzene rings is 1. The molecule has 0 unspecified atom stereocenters. The topological polar surface area (TPSA) is 200 Å². The highest BCUT2D eigenvalue weighted by Gasteiger charge is 2.54. The van der Waals surface area contributed by atoms with Crippen LogP contribution >= 0.6 is 11.8 Å². The first-order valence-electron chi connectivity index (χ1n) is 10.5. The molecular weight excluding hydrogens is 512 g/mol. The second-order valence-corrected chi connectivity index (χ2v) is 8.73.